The summed E-state index contributed by atoms with van der Waals surface area (Å²) >= 11 is 0. The first kappa shape index (κ1) is 13.5. The average Bonchev–Trinajstić information content (AvgIpc) is 2.83. The van der Waals surface area contributed by atoms with Gasteiger partial charge in [-0.3, -0.25) is 0 Å². The maximum Gasteiger partial charge on any atom is 0.150 e. The van der Waals surface area contributed by atoms with E-state index >= 15 is 0 Å². The van der Waals surface area contributed by atoms with Gasteiger partial charge in [0, 0.05) is 37.1 Å². The Kier molecular flexibility index (Phi) is 4.49. The van der Waals surface area contributed by atoms with Crippen molar-refractivity contribution in [2.75, 3.05) is 11.9 Å². The van der Waals surface area contributed by atoms with Gasteiger partial charge in [0.15, 0.2) is 5.82 Å². The molecule has 0 aliphatic rings. The second kappa shape index (κ2) is 6.31. The van der Waals surface area contributed by atoms with E-state index in [-0.39, 0.29) is 0 Å². The van der Waals surface area contributed by atoms with Crippen molar-refractivity contribution >= 4 is 5.82 Å². The third-order valence-electron chi connectivity index (χ3n) is 2.89. The van der Waals surface area contributed by atoms with Crippen molar-refractivity contribution in [2.45, 2.75) is 40.2 Å². The Morgan fingerprint density at radius 3 is 2.84 bits per heavy atom. The number of rotatable bonds is 6. The first-order chi connectivity index (χ1) is 9.22. The van der Waals surface area contributed by atoms with Crippen LogP contribution in [-0.4, -0.2) is 26.1 Å². The highest BCUT2D eigenvalue weighted by Gasteiger charge is 2.06. The van der Waals surface area contributed by atoms with Crippen LogP contribution in [-0.2, 0) is 13.0 Å². The molecule has 0 bridgehead atoms. The minimum absolute atomic E-state index is 0.672. The van der Waals surface area contributed by atoms with Crippen LogP contribution in [0.3, 0.4) is 0 Å². The van der Waals surface area contributed by atoms with Gasteiger partial charge in [-0.15, -0.1) is 0 Å². The van der Waals surface area contributed by atoms with E-state index in [0.717, 1.165) is 42.5 Å². The van der Waals surface area contributed by atoms with Crippen LogP contribution in [0, 0.1) is 6.92 Å². The molecular formula is C14H21N5. The van der Waals surface area contributed by atoms with Gasteiger partial charge in [0.2, 0.25) is 0 Å². The van der Waals surface area contributed by atoms with E-state index in [1.54, 1.807) is 0 Å². The molecule has 0 amide bonds. The van der Waals surface area contributed by atoms with Crippen LogP contribution in [0.25, 0.3) is 0 Å². The normalized spacial score (nSPS) is 10.7. The second-order valence-electron chi connectivity index (χ2n) is 4.56. The summed E-state index contributed by atoms with van der Waals surface area (Å²) in [7, 11) is 0. The van der Waals surface area contributed by atoms with Gasteiger partial charge >= 0.3 is 0 Å². The van der Waals surface area contributed by atoms with Gasteiger partial charge in [-0.1, -0.05) is 13.8 Å². The minimum atomic E-state index is 0.672. The highest BCUT2D eigenvalue weighted by atomic mass is 15.1. The molecule has 2 aromatic rings. The van der Waals surface area contributed by atoms with Crippen molar-refractivity contribution in [3.8, 4) is 0 Å². The van der Waals surface area contributed by atoms with Gasteiger partial charge in [-0.25, -0.2) is 15.0 Å². The summed E-state index contributed by atoms with van der Waals surface area (Å²) in [6.07, 6.45) is 5.80. The Labute approximate surface area is 114 Å². The number of aromatic nitrogens is 4. The van der Waals surface area contributed by atoms with E-state index in [4.69, 9.17) is 0 Å². The smallest absolute Gasteiger partial charge is 0.150 e. The second-order valence-corrected chi connectivity index (χ2v) is 4.56. The molecule has 5 heteroatoms. The summed E-state index contributed by atoms with van der Waals surface area (Å²) in [4.78, 5) is 13.4. The minimum Gasteiger partial charge on any atom is -0.370 e. The highest BCUT2D eigenvalue weighted by molar-refractivity contribution is 5.35. The zero-order valence-electron chi connectivity index (χ0n) is 11.8. The molecule has 0 saturated heterocycles. The Morgan fingerprint density at radius 1 is 1.26 bits per heavy atom. The Hall–Kier alpha value is -1.91. The molecule has 0 fully saturated rings. The van der Waals surface area contributed by atoms with Gasteiger partial charge < -0.3 is 9.88 Å². The summed E-state index contributed by atoms with van der Waals surface area (Å²) < 4.78 is 2.10. The zero-order chi connectivity index (χ0) is 13.7. The molecule has 0 spiro atoms. The van der Waals surface area contributed by atoms with Crippen LogP contribution in [0.2, 0.25) is 0 Å². The highest BCUT2D eigenvalue weighted by Crippen LogP contribution is 2.09. The molecular weight excluding hydrogens is 238 g/mol. The fraction of sp³-hybridized carbons (Fsp3) is 0.500. The molecule has 0 aromatic carbocycles. The standard InChI is InChI=1S/C14H21N5/c1-4-6-15-12-9-11(3)17-13(18-12)10-19-8-7-16-14(19)5-2/h7-9H,4-6,10H2,1-3H3,(H,15,17,18). The van der Waals surface area contributed by atoms with E-state index in [0.29, 0.717) is 6.54 Å². The van der Waals surface area contributed by atoms with Crippen molar-refractivity contribution < 1.29 is 0 Å². The largest absolute Gasteiger partial charge is 0.370 e. The number of nitrogens with zero attached hydrogens (tertiary/aromatic N) is 4. The lowest BCUT2D eigenvalue weighted by molar-refractivity contribution is 0.693. The number of imidazole rings is 1. The summed E-state index contributed by atoms with van der Waals surface area (Å²) in [6, 6.07) is 1.98. The number of hydrogen-bond donors (Lipinski definition) is 1. The van der Waals surface area contributed by atoms with E-state index in [1.165, 1.54) is 0 Å². The maximum atomic E-state index is 4.55. The predicted octanol–water partition coefficient (Wildman–Crippen LogP) is 2.41. The SMILES string of the molecule is CCCNc1cc(C)nc(Cn2ccnc2CC)n1. The van der Waals surface area contributed by atoms with E-state index in [9.17, 15) is 0 Å². The van der Waals surface area contributed by atoms with Gasteiger partial charge in [-0.2, -0.15) is 0 Å². The van der Waals surface area contributed by atoms with Gasteiger partial charge in [0.1, 0.15) is 11.6 Å². The predicted molar refractivity (Wildman–Crippen MR) is 76.3 cm³/mol. The van der Waals surface area contributed by atoms with Gasteiger partial charge in [0.05, 0.1) is 6.54 Å². The molecule has 2 rings (SSSR count). The number of anilines is 1. The molecule has 0 unspecified atom stereocenters. The van der Waals surface area contributed by atoms with Crippen molar-refractivity contribution in [3.63, 3.8) is 0 Å². The van der Waals surface area contributed by atoms with E-state index in [1.807, 2.05) is 25.4 Å². The zero-order valence-corrected chi connectivity index (χ0v) is 11.8. The average molecular weight is 259 g/mol. The van der Waals surface area contributed by atoms with Crippen LogP contribution >= 0.6 is 0 Å². The molecule has 0 saturated carbocycles. The molecule has 0 atom stereocenters. The lowest BCUT2D eigenvalue weighted by Gasteiger charge is -2.09. The molecule has 2 heterocycles. The summed E-state index contributed by atoms with van der Waals surface area (Å²) in [5.41, 5.74) is 0.988. The number of hydrogen-bond acceptors (Lipinski definition) is 4. The summed E-state index contributed by atoms with van der Waals surface area (Å²) in [5.74, 6) is 2.79. The molecule has 0 aliphatic carbocycles. The summed E-state index contributed by atoms with van der Waals surface area (Å²) in [5, 5.41) is 3.31. The van der Waals surface area contributed by atoms with Crippen molar-refractivity contribution in [1.29, 1.82) is 0 Å². The third kappa shape index (κ3) is 3.53. The molecule has 2 aromatic heterocycles. The maximum absolute atomic E-state index is 4.55. The van der Waals surface area contributed by atoms with Crippen LogP contribution in [0.1, 0.15) is 37.6 Å². The van der Waals surface area contributed by atoms with E-state index < -0.39 is 0 Å². The molecule has 1 N–H and O–H groups in total. The van der Waals surface area contributed by atoms with Crippen LogP contribution in [0.5, 0.6) is 0 Å². The fourth-order valence-electron chi connectivity index (χ4n) is 2.00. The molecule has 19 heavy (non-hydrogen) atoms. The van der Waals surface area contributed by atoms with E-state index in [2.05, 4.69) is 38.7 Å². The summed E-state index contributed by atoms with van der Waals surface area (Å²) in [6.45, 7) is 7.84. The van der Waals surface area contributed by atoms with Crippen molar-refractivity contribution in [2.24, 2.45) is 0 Å². The monoisotopic (exact) mass is 259 g/mol. The van der Waals surface area contributed by atoms with Crippen LogP contribution < -0.4 is 5.32 Å². The fourth-order valence-corrected chi connectivity index (χ4v) is 2.00. The Balaban J connectivity index is 2.17. The van der Waals surface area contributed by atoms with Crippen LogP contribution in [0.4, 0.5) is 5.82 Å². The Bertz CT molecular complexity index is 532. The quantitative estimate of drug-likeness (QED) is 0.865. The topological polar surface area (TPSA) is 55.6 Å². The Morgan fingerprint density at radius 2 is 2.11 bits per heavy atom. The van der Waals surface area contributed by atoms with Crippen LogP contribution in [0.15, 0.2) is 18.5 Å². The molecule has 102 valence electrons. The lowest BCUT2D eigenvalue weighted by Crippen LogP contribution is -2.10. The lowest BCUT2D eigenvalue weighted by atomic mass is 10.3. The van der Waals surface area contributed by atoms with Crippen molar-refractivity contribution in [3.05, 3.63) is 35.8 Å². The number of aryl methyl sites for hydroxylation is 2. The van der Waals surface area contributed by atoms with Crippen molar-refractivity contribution in [1.82, 2.24) is 19.5 Å². The molecule has 5 nitrogen and oxygen atoms in total. The van der Waals surface area contributed by atoms with Gasteiger partial charge in [0.25, 0.3) is 0 Å². The number of nitrogens with one attached hydrogen (secondary N) is 1. The molecule has 0 radical (unpaired) electrons. The van der Waals surface area contributed by atoms with Gasteiger partial charge in [-0.05, 0) is 13.3 Å². The first-order valence-electron chi connectivity index (χ1n) is 6.81. The third-order valence-corrected chi connectivity index (χ3v) is 2.89. The first-order valence-corrected chi connectivity index (χ1v) is 6.81. The molecule has 0 aliphatic heterocycles.